The van der Waals surface area contributed by atoms with Crippen LogP contribution in [0.15, 0.2) is 29.6 Å². The van der Waals surface area contributed by atoms with E-state index in [-0.39, 0.29) is 23.6 Å². The summed E-state index contributed by atoms with van der Waals surface area (Å²) in [4.78, 5) is 31.0. The molecular weight excluding hydrogens is 384 g/mol. The number of esters is 1. The maximum atomic E-state index is 12.8. The minimum absolute atomic E-state index is 0.0112. The molecule has 5 nitrogen and oxygen atoms in total. The number of rotatable bonds is 6. The van der Waals surface area contributed by atoms with E-state index < -0.39 is 5.97 Å². The van der Waals surface area contributed by atoms with Gasteiger partial charge in [-0.2, -0.15) is 0 Å². The first-order chi connectivity index (χ1) is 13.0. The lowest BCUT2D eigenvalue weighted by molar-refractivity contribution is -0.118. The third-order valence-electron chi connectivity index (χ3n) is 4.84. The monoisotopic (exact) mass is 406 g/mol. The second-order valence-electron chi connectivity index (χ2n) is 6.51. The smallest absolute Gasteiger partial charge is 0.357 e. The average molecular weight is 407 g/mol. The Labute approximate surface area is 168 Å². The van der Waals surface area contributed by atoms with Crippen LogP contribution in [0.4, 0.5) is 5.13 Å². The van der Waals surface area contributed by atoms with Gasteiger partial charge < -0.3 is 4.74 Å². The summed E-state index contributed by atoms with van der Waals surface area (Å²) in [5.41, 5.74) is 1.39. The molecule has 1 heterocycles. The highest BCUT2D eigenvalue weighted by Gasteiger charge is 2.37. The first-order valence-corrected chi connectivity index (χ1v) is 10.5. The Balaban J connectivity index is 1.93. The largest absolute Gasteiger partial charge is 0.461 e. The Morgan fingerprint density at radius 3 is 2.85 bits per heavy atom. The minimum Gasteiger partial charge on any atom is -0.461 e. The molecule has 1 amide bonds. The van der Waals surface area contributed by atoms with Gasteiger partial charge in [-0.1, -0.05) is 37.1 Å². The van der Waals surface area contributed by atoms with Crippen LogP contribution in [0, 0.1) is 0 Å². The van der Waals surface area contributed by atoms with Crippen molar-refractivity contribution in [2.24, 2.45) is 0 Å². The zero-order valence-corrected chi connectivity index (χ0v) is 17.1. The highest BCUT2D eigenvalue weighted by Crippen LogP contribution is 2.41. The Bertz CT molecular complexity index is 823. The van der Waals surface area contributed by atoms with E-state index in [9.17, 15) is 9.59 Å². The summed E-state index contributed by atoms with van der Waals surface area (Å²) in [6, 6.07) is 7.86. The van der Waals surface area contributed by atoms with Crippen LogP contribution >= 0.6 is 22.9 Å². The molecule has 1 aromatic carbocycles. The van der Waals surface area contributed by atoms with Crippen molar-refractivity contribution in [3.05, 3.63) is 45.9 Å². The van der Waals surface area contributed by atoms with Gasteiger partial charge in [0, 0.05) is 28.8 Å². The molecule has 2 unspecified atom stereocenters. The van der Waals surface area contributed by atoms with E-state index in [1.54, 1.807) is 17.2 Å². The molecule has 144 valence electrons. The molecule has 0 radical (unpaired) electrons. The molecule has 2 atom stereocenters. The van der Waals surface area contributed by atoms with Crippen molar-refractivity contribution < 1.29 is 14.3 Å². The van der Waals surface area contributed by atoms with E-state index in [0.29, 0.717) is 23.2 Å². The molecule has 1 aromatic heterocycles. The number of aromatic nitrogens is 1. The van der Waals surface area contributed by atoms with Crippen molar-refractivity contribution in [3.63, 3.8) is 0 Å². The number of benzene rings is 1. The highest BCUT2D eigenvalue weighted by molar-refractivity contribution is 7.14. The maximum Gasteiger partial charge on any atom is 0.357 e. The van der Waals surface area contributed by atoms with Gasteiger partial charge in [-0.05, 0) is 37.5 Å². The first-order valence-electron chi connectivity index (χ1n) is 9.25. The summed E-state index contributed by atoms with van der Waals surface area (Å²) in [7, 11) is 0. The van der Waals surface area contributed by atoms with Gasteiger partial charge in [0.25, 0.3) is 0 Å². The van der Waals surface area contributed by atoms with Gasteiger partial charge in [0.15, 0.2) is 10.8 Å². The fourth-order valence-electron chi connectivity index (χ4n) is 3.65. The normalized spacial score (nSPS) is 19.1. The van der Waals surface area contributed by atoms with Gasteiger partial charge in [-0.25, -0.2) is 9.78 Å². The van der Waals surface area contributed by atoms with E-state index in [2.05, 4.69) is 11.1 Å². The number of hydrogen-bond donors (Lipinski definition) is 0. The highest BCUT2D eigenvalue weighted by atomic mass is 35.5. The molecule has 0 spiro atoms. The number of hydrogen-bond acceptors (Lipinski definition) is 5. The average Bonchev–Trinajstić information content (AvgIpc) is 3.32. The molecule has 1 aliphatic carbocycles. The van der Waals surface area contributed by atoms with Gasteiger partial charge in [-0.3, -0.25) is 9.69 Å². The Morgan fingerprint density at radius 2 is 2.15 bits per heavy atom. The molecule has 0 bridgehead atoms. The second-order valence-corrected chi connectivity index (χ2v) is 7.79. The molecule has 1 fully saturated rings. The fraction of sp³-hybridized carbons (Fsp3) is 0.450. The zero-order chi connectivity index (χ0) is 19.4. The zero-order valence-electron chi connectivity index (χ0n) is 15.5. The summed E-state index contributed by atoms with van der Waals surface area (Å²) in [6.45, 7) is 3.90. The standard InChI is InChI=1S/C20H23ClN2O3S/c1-3-18(24)23(20-22-16(12-27-20)19(25)26-4-2)17-10-6-9-15(17)13-7-5-8-14(21)11-13/h5,7-8,11-12,15,17H,3-4,6,9-10H2,1-2H3. The number of ether oxygens (including phenoxy) is 1. The first kappa shape index (κ1) is 19.8. The predicted molar refractivity (Wildman–Crippen MR) is 108 cm³/mol. The number of anilines is 1. The van der Waals surface area contributed by atoms with Crippen LogP contribution in [0.5, 0.6) is 0 Å². The van der Waals surface area contributed by atoms with E-state index in [1.165, 1.54) is 11.3 Å². The molecule has 7 heteroatoms. The van der Waals surface area contributed by atoms with Crippen LogP contribution in [0.25, 0.3) is 0 Å². The molecule has 1 aliphatic rings. The van der Waals surface area contributed by atoms with Crippen LogP contribution in [0.1, 0.15) is 61.5 Å². The van der Waals surface area contributed by atoms with Gasteiger partial charge in [0.1, 0.15) is 0 Å². The van der Waals surface area contributed by atoms with Crippen molar-refractivity contribution in [2.45, 2.75) is 51.5 Å². The molecule has 27 heavy (non-hydrogen) atoms. The van der Waals surface area contributed by atoms with Gasteiger partial charge in [0.05, 0.1) is 6.61 Å². The number of thiazole rings is 1. The van der Waals surface area contributed by atoms with Crippen molar-refractivity contribution in [3.8, 4) is 0 Å². The van der Waals surface area contributed by atoms with E-state index in [1.807, 2.05) is 25.1 Å². The molecule has 0 N–H and O–H groups in total. The number of carbonyl (C=O) groups excluding carboxylic acids is 2. The Kier molecular flexibility index (Phi) is 6.50. The third-order valence-corrected chi connectivity index (χ3v) is 5.92. The molecular formula is C20H23ClN2O3S. The molecule has 3 rings (SSSR count). The van der Waals surface area contributed by atoms with Crippen molar-refractivity contribution in [2.75, 3.05) is 11.5 Å². The predicted octanol–water partition coefficient (Wildman–Crippen LogP) is 5.05. The molecule has 0 aliphatic heterocycles. The lowest BCUT2D eigenvalue weighted by Crippen LogP contribution is -2.41. The second kappa shape index (κ2) is 8.85. The summed E-state index contributed by atoms with van der Waals surface area (Å²) in [5.74, 6) is -0.241. The van der Waals surface area contributed by atoms with Gasteiger partial charge >= 0.3 is 5.97 Å². The Morgan fingerprint density at radius 1 is 1.33 bits per heavy atom. The van der Waals surface area contributed by atoms with E-state index >= 15 is 0 Å². The van der Waals surface area contributed by atoms with Crippen LogP contribution in [0.3, 0.4) is 0 Å². The SMILES string of the molecule is CCOC(=O)c1csc(N(C(=O)CC)C2CCCC2c2cccc(Cl)c2)n1. The fourth-order valence-corrected chi connectivity index (χ4v) is 4.72. The van der Waals surface area contributed by atoms with Crippen molar-refractivity contribution in [1.29, 1.82) is 0 Å². The lowest BCUT2D eigenvalue weighted by Gasteiger charge is -2.31. The number of halogens is 1. The molecule has 2 aromatic rings. The van der Waals surface area contributed by atoms with Crippen LogP contribution in [-0.2, 0) is 9.53 Å². The quantitative estimate of drug-likeness (QED) is 0.629. The molecule has 0 saturated heterocycles. The molecule has 1 saturated carbocycles. The summed E-state index contributed by atoms with van der Waals surface area (Å²) < 4.78 is 5.02. The van der Waals surface area contributed by atoms with Crippen molar-refractivity contribution in [1.82, 2.24) is 4.98 Å². The van der Waals surface area contributed by atoms with Crippen LogP contribution in [-0.4, -0.2) is 29.5 Å². The van der Waals surface area contributed by atoms with Crippen LogP contribution < -0.4 is 4.90 Å². The summed E-state index contributed by atoms with van der Waals surface area (Å²) >= 11 is 7.49. The van der Waals surface area contributed by atoms with Crippen LogP contribution in [0.2, 0.25) is 5.02 Å². The number of amides is 1. The lowest BCUT2D eigenvalue weighted by atomic mass is 9.93. The van der Waals surface area contributed by atoms with Gasteiger partial charge in [0.2, 0.25) is 5.91 Å². The summed E-state index contributed by atoms with van der Waals surface area (Å²) in [5, 5.41) is 2.92. The Hall–Kier alpha value is -1.92. The number of nitrogens with zero attached hydrogens (tertiary/aromatic N) is 2. The minimum atomic E-state index is -0.457. The van der Waals surface area contributed by atoms with Crippen molar-refractivity contribution >= 4 is 39.9 Å². The third kappa shape index (κ3) is 4.33. The van der Waals surface area contributed by atoms with Gasteiger partial charge in [-0.15, -0.1) is 11.3 Å². The number of carbonyl (C=O) groups is 2. The maximum absolute atomic E-state index is 12.8. The van der Waals surface area contributed by atoms with E-state index in [4.69, 9.17) is 16.3 Å². The van der Waals surface area contributed by atoms with E-state index in [0.717, 1.165) is 24.8 Å². The summed E-state index contributed by atoms with van der Waals surface area (Å²) in [6.07, 6.45) is 3.31. The topological polar surface area (TPSA) is 59.5 Å².